The van der Waals surface area contributed by atoms with E-state index >= 15 is 0 Å². The fourth-order valence-electron chi connectivity index (χ4n) is 1.82. The summed E-state index contributed by atoms with van der Waals surface area (Å²) in [5, 5.41) is 0.793. The zero-order valence-corrected chi connectivity index (χ0v) is 9.04. The number of rotatable bonds is 2. The number of nitrogens with two attached hydrogens (primary N) is 1. The minimum Gasteiger partial charge on any atom is -0.325 e. The van der Waals surface area contributed by atoms with Gasteiger partial charge in [0.2, 0.25) is 0 Å². The summed E-state index contributed by atoms with van der Waals surface area (Å²) in [6.07, 6.45) is 0. The molecule has 14 heavy (non-hydrogen) atoms. The Balaban J connectivity index is 2.04. The lowest BCUT2D eigenvalue weighted by molar-refractivity contribution is 0.103. The van der Waals surface area contributed by atoms with Crippen molar-refractivity contribution in [1.29, 1.82) is 0 Å². The molecule has 0 aliphatic carbocycles. The quantitative estimate of drug-likeness (QED) is 0.810. The van der Waals surface area contributed by atoms with Gasteiger partial charge >= 0.3 is 0 Å². The van der Waals surface area contributed by atoms with E-state index in [1.165, 1.54) is 5.56 Å². The monoisotopic (exact) mass is 210 g/mol. The van der Waals surface area contributed by atoms with Crippen LogP contribution in [0.4, 0.5) is 0 Å². The van der Waals surface area contributed by atoms with E-state index in [-0.39, 0.29) is 0 Å². The van der Waals surface area contributed by atoms with Gasteiger partial charge in [-0.3, -0.25) is 4.90 Å². The number of nitrogens with zero attached hydrogens (tertiary/aromatic N) is 1. The molecule has 2 N–H and O–H groups in total. The number of hydrogen-bond donors (Lipinski definition) is 1. The number of benzene rings is 1. The first-order valence-electron chi connectivity index (χ1n) is 4.92. The van der Waals surface area contributed by atoms with E-state index in [4.69, 9.17) is 17.3 Å². The van der Waals surface area contributed by atoms with Crippen LogP contribution < -0.4 is 5.73 Å². The van der Waals surface area contributed by atoms with E-state index in [9.17, 15) is 0 Å². The molecule has 76 valence electrons. The predicted octanol–water partition coefficient (Wildman–Crippen LogP) is 2.04. The van der Waals surface area contributed by atoms with Crippen LogP contribution in [0.15, 0.2) is 24.3 Å². The number of likely N-dealkylation sites (tertiary alicyclic amines) is 1. The van der Waals surface area contributed by atoms with Crippen LogP contribution in [0.2, 0.25) is 5.02 Å². The lowest BCUT2D eigenvalue weighted by Crippen LogP contribution is -2.56. The Bertz CT molecular complexity index is 304. The van der Waals surface area contributed by atoms with Crippen LogP contribution in [-0.2, 0) is 0 Å². The molecule has 1 aromatic carbocycles. The highest BCUT2D eigenvalue weighted by Crippen LogP contribution is 2.25. The van der Waals surface area contributed by atoms with Crippen LogP contribution >= 0.6 is 11.6 Å². The van der Waals surface area contributed by atoms with Crippen LogP contribution in [-0.4, -0.2) is 24.0 Å². The Morgan fingerprint density at radius 3 is 2.43 bits per heavy atom. The molecule has 0 aromatic heterocycles. The minimum absolute atomic E-state index is 0.366. The van der Waals surface area contributed by atoms with Crippen LogP contribution in [0, 0.1) is 0 Å². The fourth-order valence-corrected chi connectivity index (χ4v) is 1.94. The van der Waals surface area contributed by atoms with Crippen molar-refractivity contribution < 1.29 is 0 Å². The van der Waals surface area contributed by atoms with E-state index in [0.717, 1.165) is 18.1 Å². The van der Waals surface area contributed by atoms with Crippen molar-refractivity contribution in [3.05, 3.63) is 34.9 Å². The molecule has 1 saturated heterocycles. The third-order valence-corrected chi connectivity index (χ3v) is 3.09. The van der Waals surface area contributed by atoms with Gasteiger partial charge in [0.1, 0.15) is 0 Å². The molecule has 2 rings (SSSR count). The first kappa shape index (κ1) is 9.97. The third kappa shape index (κ3) is 1.92. The van der Waals surface area contributed by atoms with Crippen molar-refractivity contribution >= 4 is 11.6 Å². The van der Waals surface area contributed by atoms with Crippen molar-refractivity contribution in [2.75, 3.05) is 13.1 Å². The van der Waals surface area contributed by atoms with Gasteiger partial charge in [0.25, 0.3) is 0 Å². The van der Waals surface area contributed by atoms with Gasteiger partial charge in [0.05, 0.1) is 0 Å². The summed E-state index contributed by atoms with van der Waals surface area (Å²) in [6, 6.07) is 8.85. The Morgan fingerprint density at radius 2 is 1.93 bits per heavy atom. The van der Waals surface area contributed by atoms with Crippen molar-refractivity contribution in [3.63, 3.8) is 0 Å². The molecule has 1 fully saturated rings. The van der Waals surface area contributed by atoms with Gasteiger partial charge in [0, 0.05) is 30.2 Å². The second kappa shape index (κ2) is 3.89. The van der Waals surface area contributed by atoms with Gasteiger partial charge in [0.15, 0.2) is 0 Å². The summed E-state index contributed by atoms with van der Waals surface area (Å²) in [5.41, 5.74) is 7.05. The SMILES string of the molecule is CC(c1ccc(Cl)cc1)N1CC(N)C1. The maximum absolute atomic E-state index is 5.83. The standard InChI is InChI=1S/C11H15ClN2/c1-8(14-6-11(13)7-14)9-2-4-10(12)5-3-9/h2-5,8,11H,6-7,13H2,1H3. The summed E-state index contributed by atoms with van der Waals surface area (Å²) in [6.45, 7) is 4.21. The van der Waals surface area contributed by atoms with E-state index in [1.807, 2.05) is 12.1 Å². The lowest BCUT2D eigenvalue weighted by atomic mass is 10.0. The molecule has 0 amide bonds. The maximum Gasteiger partial charge on any atom is 0.0406 e. The Kier molecular flexibility index (Phi) is 2.77. The molecule has 0 bridgehead atoms. The van der Waals surface area contributed by atoms with Crippen LogP contribution in [0.3, 0.4) is 0 Å². The van der Waals surface area contributed by atoms with E-state index in [1.54, 1.807) is 0 Å². The largest absolute Gasteiger partial charge is 0.325 e. The predicted molar refractivity (Wildman–Crippen MR) is 59.4 cm³/mol. The van der Waals surface area contributed by atoms with Gasteiger partial charge in [-0.25, -0.2) is 0 Å². The van der Waals surface area contributed by atoms with Crippen molar-refractivity contribution in [2.45, 2.75) is 19.0 Å². The second-order valence-electron chi connectivity index (χ2n) is 3.94. The number of hydrogen-bond acceptors (Lipinski definition) is 2. The molecular formula is C11H15ClN2. The normalized spacial score (nSPS) is 20.5. The summed E-state index contributed by atoms with van der Waals surface area (Å²) < 4.78 is 0. The van der Waals surface area contributed by atoms with E-state index in [2.05, 4.69) is 24.0 Å². The second-order valence-corrected chi connectivity index (χ2v) is 4.38. The van der Waals surface area contributed by atoms with E-state index < -0.39 is 0 Å². The minimum atomic E-state index is 0.366. The molecule has 1 aliphatic heterocycles. The van der Waals surface area contributed by atoms with Gasteiger partial charge in [-0.1, -0.05) is 23.7 Å². The summed E-state index contributed by atoms with van der Waals surface area (Å²) in [4.78, 5) is 2.37. The van der Waals surface area contributed by atoms with Crippen molar-refractivity contribution in [2.24, 2.45) is 5.73 Å². The summed E-state index contributed by atoms with van der Waals surface area (Å²) in [7, 11) is 0. The molecule has 0 saturated carbocycles. The average molecular weight is 211 g/mol. The first-order valence-corrected chi connectivity index (χ1v) is 5.29. The lowest BCUT2D eigenvalue weighted by Gasteiger charge is -2.41. The fraction of sp³-hybridized carbons (Fsp3) is 0.455. The van der Waals surface area contributed by atoms with Gasteiger partial charge < -0.3 is 5.73 Å². The molecule has 0 radical (unpaired) electrons. The topological polar surface area (TPSA) is 29.3 Å². The highest BCUT2D eigenvalue weighted by molar-refractivity contribution is 6.30. The molecule has 1 unspecified atom stereocenters. The Hall–Kier alpha value is -0.570. The molecular weight excluding hydrogens is 196 g/mol. The Labute approximate surface area is 89.7 Å². The van der Waals surface area contributed by atoms with E-state index in [0.29, 0.717) is 12.1 Å². The van der Waals surface area contributed by atoms with Gasteiger partial charge in [-0.05, 0) is 24.6 Å². The Morgan fingerprint density at radius 1 is 1.36 bits per heavy atom. The summed E-state index contributed by atoms with van der Waals surface area (Å²) in [5.74, 6) is 0. The summed E-state index contributed by atoms with van der Waals surface area (Å²) >= 11 is 5.83. The van der Waals surface area contributed by atoms with Crippen LogP contribution in [0.5, 0.6) is 0 Å². The molecule has 1 aromatic rings. The third-order valence-electron chi connectivity index (χ3n) is 2.84. The molecule has 1 heterocycles. The van der Waals surface area contributed by atoms with Crippen molar-refractivity contribution in [1.82, 2.24) is 4.90 Å². The highest BCUT2D eigenvalue weighted by atomic mass is 35.5. The zero-order valence-electron chi connectivity index (χ0n) is 8.28. The zero-order chi connectivity index (χ0) is 10.1. The van der Waals surface area contributed by atoms with Gasteiger partial charge in [-0.15, -0.1) is 0 Å². The van der Waals surface area contributed by atoms with Crippen molar-refractivity contribution in [3.8, 4) is 0 Å². The molecule has 2 nitrogen and oxygen atoms in total. The van der Waals surface area contributed by atoms with Crippen LogP contribution in [0.25, 0.3) is 0 Å². The number of halogens is 1. The smallest absolute Gasteiger partial charge is 0.0406 e. The molecule has 3 heteroatoms. The average Bonchev–Trinajstić information content (AvgIpc) is 2.13. The van der Waals surface area contributed by atoms with Crippen LogP contribution in [0.1, 0.15) is 18.5 Å². The maximum atomic E-state index is 5.83. The molecule has 1 aliphatic rings. The molecule has 1 atom stereocenters. The first-order chi connectivity index (χ1) is 6.66. The molecule has 0 spiro atoms. The van der Waals surface area contributed by atoms with Gasteiger partial charge in [-0.2, -0.15) is 0 Å². The highest BCUT2D eigenvalue weighted by Gasteiger charge is 2.27.